The summed E-state index contributed by atoms with van der Waals surface area (Å²) < 4.78 is 51.0. The molecule has 1 aliphatic heterocycles. The van der Waals surface area contributed by atoms with Crippen molar-refractivity contribution < 1.29 is 17.2 Å². The van der Waals surface area contributed by atoms with Crippen LogP contribution in [0.1, 0.15) is 31.3 Å². The zero-order valence-electron chi connectivity index (χ0n) is 12.8. The van der Waals surface area contributed by atoms with Gasteiger partial charge in [-0.25, -0.2) is 17.2 Å². The van der Waals surface area contributed by atoms with Gasteiger partial charge < -0.3 is 5.32 Å². The maximum Gasteiger partial charge on any atom is 0.263 e. The van der Waals surface area contributed by atoms with Crippen LogP contribution < -0.4 is 5.32 Å². The number of rotatable bonds is 5. The molecular formula is C15H22F2N2O2S. The quantitative estimate of drug-likeness (QED) is 0.900. The maximum atomic E-state index is 12.9. The molecule has 2 atom stereocenters. The highest BCUT2D eigenvalue weighted by atomic mass is 32.2. The number of nitrogens with one attached hydrogen (secondary N) is 1. The summed E-state index contributed by atoms with van der Waals surface area (Å²) >= 11 is 0. The molecule has 7 heteroatoms. The Balaban J connectivity index is 2.32. The van der Waals surface area contributed by atoms with Gasteiger partial charge in [0.25, 0.3) is 6.43 Å². The van der Waals surface area contributed by atoms with Crippen molar-refractivity contribution in [2.24, 2.45) is 0 Å². The van der Waals surface area contributed by atoms with E-state index >= 15 is 0 Å². The number of alkyl halides is 2. The van der Waals surface area contributed by atoms with Crippen LogP contribution in [0.15, 0.2) is 29.2 Å². The Morgan fingerprint density at radius 2 is 1.82 bits per heavy atom. The minimum Gasteiger partial charge on any atom is -0.311 e. The third-order valence-corrected chi connectivity index (χ3v) is 6.30. The molecular weight excluding hydrogens is 310 g/mol. The Labute approximate surface area is 130 Å². The van der Waals surface area contributed by atoms with E-state index in [1.165, 1.54) is 24.3 Å². The van der Waals surface area contributed by atoms with E-state index in [1.54, 1.807) is 19.0 Å². The van der Waals surface area contributed by atoms with Gasteiger partial charge in [0.05, 0.1) is 4.90 Å². The van der Waals surface area contributed by atoms with E-state index < -0.39 is 21.6 Å². The van der Waals surface area contributed by atoms with Crippen LogP contribution in [0.25, 0.3) is 0 Å². The molecule has 0 aromatic heterocycles. The van der Waals surface area contributed by atoms with Crippen molar-refractivity contribution in [2.45, 2.75) is 42.0 Å². The van der Waals surface area contributed by atoms with Gasteiger partial charge in [-0.05, 0) is 45.6 Å². The second-order valence-electron chi connectivity index (χ2n) is 5.83. The molecule has 2 unspecified atom stereocenters. The molecule has 1 fully saturated rings. The SMILES string of the molecule is CN(C)C(C1CCCCN1)S(=O)(=O)c1ccc(C(F)F)cc1. The van der Waals surface area contributed by atoms with Gasteiger partial charge in [-0.2, -0.15) is 0 Å². The van der Waals surface area contributed by atoms with Gasteiger partial charge in [-0.1, -0.05) is 18.6 Å². The molecule has 0 bridgehead atoms. The molecule has 1 heterocycles. The van der Waals surface area contributed by atoms with Crippen molar-refractivity contribution in [3.8, 4) is 0 Å². The van der Waals surface area contributed by atoms with Gasteiger partial charge in [-0.3, -0.25) is 4.90 Å². The van der Waals surface area contributed by atoms with Gasteiger partial charge in [0.2, 0.25) is 0 Å². The predicted molar refractivity (Wildman–Crippen MR) is 81.7 cm³/mol. The molecule has 1 aromatic rings. The number of halogens is 2. The van der Waals surface area contributed by atoms with E-state index in [1.807, 2.05) is 0 Å². The maximum absolute atomic E-state index is 12.9. The van der Waals surface area contributed by atoms with Gasteiger partial charge in [0.15, 0.2) is 9.84 Å². The summed E-state index contributed by atoms with van der Waals surface area (Å²) in [5.41, 5.74) is -0.170. The smallest absolute Gasteiger partial charge is 0.263 e. The van der Waals surface area contributed by atoms with Crippen molar-refractivity contribution in [2.75, 3.05) is 20.6 Å². The molecule has 1 aromatic carbocycles. The molecule has 0 amide bonds. The lowest BCUT2D eigenvalue weighted by Gasteiger charge is -2.35. The third kappa shape index (κ3) is 3.64. The van der Waals surface area contributed by atoms with Crippen LogP contribution in [-0.4, -0.2) is 45.4 Å². The predicted octanol–water partition coefficient (Wildman–Crippen LogP) is 2.43. The number of sulfone groups is 1. The Hall–Kier alpha value is -1.05. The van der Waals surface area contributed by atoms with Crippen LogP contribution in [0.3, 0.4) is 0 Å². The third-order valence-electron chi connectivity index (χ3n) is 3.98. The second kappa shape index (κ2) is 7.02. The molecule has 1 aliphatic rings. The molecule has 0 saturated carbocycles. The van der Waals surface area contributed by atoms with E-state index in [0.29, 0.717) is 0 Å². The zero-order chi connectivity index (χ0) is 16.3. The highest BCUT2D eigenvalue weighted by Gasteiger charge is 2.37. The average molecular weight is 332 g/mol. The molecule has 124 valence electrons. The number of piperidine rings is 1. The van der Waals surface area contributed by atoms with Crippen LogP contribution >= 0.6 is 0 Å². The summed E-state index contributed by atoms with van der Waals surface area (Å²) in [4.78, 5) is 1.77. The number of hydrogen-bond donors (Lipinski definition) is 1. The van der Waals surface area contributed by atoms with Gasteiger partial charge in [0.1, 0.15) is 5.37 Å². The van der Waals surface area contributed by atoms with Crippen molar-refractivity contribution in [3.63, 3.8) is 0 Å². The Morgan fingerprint density at radius 1 is 1.18 bits per heavy atom. The van der Waals surface area contributed by atoms with Crippen molar-refractivity contribution >= 4 is 9.84 Å². The fourth-order valence-corrected chi connectivity index (χ4v) is 4.93. The fourth-order valence-electron chi connectivity index (χ4n) is 2.92. The molecule has 2 rings (SSSR count). The molecule has 0 radical (unpaired) electrons. The topological polar surface area (TPSA) is 49.4 Å². The fraction of sp³-hybridized carbons (Fsp3) is 0.600. The molecule has 1 N–H and O–H groups in total. The van der Waals surface area contributed by atoms with Crippen LogP contribution in [0.5, 0.6) is 0 Å². The minimum absolute atomic E-state index is 0.0861. The standard InChI is InChI=1S/C15H22F2N2O2S/c1-19(2)15(13-5-3-4-10-18-13)22(20,21)12-8-6-11(7-9-12)14(16)17/h6-9,13-15,18H,3-5,10H2,1-2H3. The summed E-state index contributed by atoms with van der Waals surface area (Å²) in [5, 5.41) is 2.56. The number of hydrogen-bond acceptors (Lipinski definition) is 4. The minimum atomic E-state index is -3.62. The normalized spacial score (nSPS) is 21.3. The van der Waals surface area contributed by atoms with E-state index in [4.69, 9.17) is 0 Å². The van der Waals surface area contributed by atoms with E-state index in [-0.39, 0.29) is 16.5 Å². The second-order valence-corrected chi connectivity index (χ2v) is 7.87. The van der Waals surface area contributed by atoms with Crippen molar-refractivity contribution in [3.05, 3.63) is 29.8 Å². The molecule has 4 nitrogen and oxygen atoms in total. The lowest BCUT2D eigenvalue weighted by molar-refractivity contribution is 0.151. The number of nitrogens with zero attached hydrogens (tertiary/aromatic N) is 1. The summed E-state index contributed by atoms with van der Waals surface area (Å²) in [6.45, 7) is 0.800. The van der Waals surface area contributed by atoms with E-state index in [9.17, 15) is 17.2 Å². The first-order valence-electron chi connectivity index (χ1n) is 7.36. The van der Waals surface area contributed by atoms with Crippen LogP contribution in [0.2, 0.25) is 0 Å². The Morgan fingerprint density at radius 3 is 2.27 bits per heavy atom. The first kappa shape index (κ1) is 17.3. The molecule has 0 spiro atoms. The summed E-state index contributed by atoms with van der Waals surface area (Å²) in [6, 6.07) is 4.76. The van der Waals surface area contributed by atoms with Crippen LogP contribution in [0, 0.1) is 0 Å². The molecule has 0 aliphatic carbocycles. The van der Waals surface area contributed by atoms with Gasteiger partial charge in [0, 0.05) is 11.6 Å². The number of benzene rings is 1. The molecule has 1 saturated heterocycles. The monoisotopic (exact) mass is 332 g/mol. The lowest BCUT2D eigenvalue weighted by atomic mass is 10.0. The van der Waals surface area contributed by atoms with Crippen molar-refractivity contribution in [1.29, 1.82) is 0 Å². The Bertz CT molecular complexity index is 582. The van der Waals surface area contributed by atoms with Crippen LogP contribution in [-0.2, 0) is 9.84 Å². The van der Waals surface area contributed by atoms with Gasteiger partial charge >= 0.3 is 0 Å². The van der Waals surface area contributed by atoms with Gasteiger partial charge in [-0.15, -0.1) is 0 Å². The average Bonchev–Trinajstić information content (AvgIpc) is 2.48. The summed E-state index contributed by atoms with van der Waals surface area (Å²) in [6.07, 6.45) is 0.222. The van der Waals surface area contributed by atoms with Crippen molar-refractivity contribution in [1.82, 2.24) is 10.2 Å². The lowest BCUT2D eigenvalue weighted by Crippen LogP contribution is -2.53. The highest BCUT2D eigenvalue weighted by molar-refractivity contribution is 7.92. The van der Waals surface area contributed by atoms with E-state index in [2.05, 4.69) is 5.32 Å². The summed E-state index contributed by atoms with van der Waals surface area (Å²) in [7, 11) is -0.167. The van der Waals surface area contributed by atoms with E-state index in [0.717, 1.165) is 25.8 Å². The summed E-state index contributed by atoms with van der Waals surface area (Å²) in [5.74, 6) is 0. The Kier molecular flexibility index (Phi) is 5.52. The zero-order valence-corrected chi connectivity index (χ0v) is 13.6. The largest absolute Gasteiger partial charge is 0.311 e. The highest BCUT2D eigenvalue weighted by Crippen LogP contribution is 2.26. The van der Waals surface area contributed by atoms with Crippen LogP contribution in [0.4, 0.5) is 8.78 Å². The number of likely N-dealkylation sites (N-methyl/N-ethyl adjacent to an activating group) is 1. The molecule has 22 heavy (non-hydrogen) atoms. The first-order chi connectivity index (χ1) is 10.3. The first-order valence-corrected chi connectivity index (χ1v) is 8.90.